The first-order chi connectivity index (χ1) is 22.4. The summed E-state index contributed by atoms with van der Waals surface area (Å²) in [5.41, 5.74) is 4.46. The number of carbonyl (C=O) groups is 1. The summed E-state index contributed by atoms with van der Waals surface area (Å²) in [6, 6.07) is 17.8. The molecule has 1 aliphatic rings. The molecule has 5 N–H and O–H groups in total. The third kappa shape index (κ3) is 6.60. The molecule has 1 aliphatic carbocycles. The fraction of sp³-hybridized carbons (Fsp3) is 0.135. The first kappa shape index (κ1) is 31.5. The van der Waals surface area contributed by atoms with Crippen molar-refractivity contribution in [3.63, 3.8) is 0 Å². The van der Waals surface area contributed by atoms with Gasteiger partial charge in [-0.25, -0.2) is 4.57 Å². The number of phenols is 4. The van der Waals surface area contributed by atoms with Crippen LogP contribution in [0.1, 0.15) is 66.0 Å². The van der Waals surface area contributed by atoms with Crippen LogP contribution in [0.25, 0.3) is 12.2 Å². The molecule has 0 amide bonds. The lowest BCUT2D eigenvalue weighted by Gasteiger charge is -2.18. The fourth-order valence-electron chi connectivity index (χ4n) is 5.99. The van der Waals surface area contributed by atoms with Crippen molar-refractivity contribution in [1.29, 1.82) is 0 Å². The molecule has 1 aromatic heterocycles. The summed E-state index contributed by atoms with van der Waals surface area (Å²) < 4.78 is 36.6. The monoisotopic (exact) mass is 650 g/mol. The number of hydrogen-bond acceptors (Lipinski definition) is 7. The quantitative estimate of drug-likeness (QED) is 0.0986. The molecule has 0 aliphatic heterocycles. The number of benzene rings is 4. The van der Waals surface area contributed by atoms with Gasteiger partial charge in [-0.05, 0) is 80.9 Å². The maximum absolute atomic E-state index is 12.3. The minimum atomic E-state index is -4.72. The molecule has 5 aromatic rings. The summed E-state index contributed by atoms with van der Waals surface area (Å²) >= 11 is 0. The van der Waals surface area contributed by atoms with Crippen molar-refractivity contribution >= 4 is 28.6 Å². The Bertz CT molecular complexity index is 2190. The van der Waals surface area contributed by atoms with Gasteiger partial charge < -0.3 is 20.4 Å². The Balaban J connectivity index is 1.59. The number of phenolic OH excluding ortho intramolecular Hbond substituents is 4. The highest BCUT2D eigenvalue weighted by atomic mass is 32.2. The third-order valence-electron chi connectivity index (χ3n) is 8.45. The summed E-state index contributed by atoms with van der Waals surface area (Å²) in [5, 5.41) is 45.6. The Morgan fingerprint density at radius 3 is 1.40 bits per heavy atom. The largest absolute Gasteiger partial charge is 0.507 e. The van der Waals surface area contributed by atoms with Gasteiger partial charge in [0.15, 0.2) is 12.4 Å². The van der Waals surface area contributed by atoms with Gasteiger partial charge in [0.1, 0.15) is 36.3 Å². The van der Waals surface area contributed by atoms with Crippen LogP contribution in [0.3, 0.4) is 0 Å². The van der Waals surface area contributed by atoms with Crippen LogP contribution in [0.15, 0.2) is 84.0 Å². The van der Waals surface area contributed by atoms with Gasteiger partial charge in [-0.3, -0.25) is 9.35 Å². The molecule has 0 fully saturated rings. The fourth-order valence-corrected chi connectivity index (χ4v) is 6.57. The summed E-state index contributed by atoms with van der Waals surface area (Å²) in [7, 11) is -2.81. The summed E-state index contributed by atoms with van der Waals surface area (Å²) in [5.74, 6) is -0.583. The number of pyridine rings is 1. The smallest absolute Gasteiger partial charge is 0.294 e. The molecule has 0 radical (unpaired) electrons. The molecule has 238 valence electrons. The van der Waals surface area contributed by atoms with Crippen molar-refractivity contribution in [3.05, 3.63) is 140 Å². The normalized spacial score (nSPS) is 13.1. The van der Waals surface area contributed by atoms with Crippen LogP contribution in [0.5, 0.6) is 23.0 Å². The Hall–Kier alpha value is -5.45. The van der Waals surface area contributed by atoms with Crippen LogP contribution in [0.4, 0.5) is 0 Å². The van der Waals surface area contributed by atoms with E-state index in [1.165, 1.54) is 12.1 Å². The predicted molar refractivity (Wildman–Crippen MR) is 175 cm³/mol. The molecule has 47 heavy (non-hydrogen) atoms. The van der Waals surface area contributed by atoms with E-state index in [2.05, 4.69) is 0 Å². The van der Waals surface area contributed by atoms with E-state index in [9.17, 15) is 38.2 Å². The lowest BCUT2D eigenvalue weighted by atomic mass is 9.90. The van der Waals surface area contributed by atoms with Gasteiger partial charge in [0, 0.05) is 54.5 Å². The van der Waals surface area contributed by atoms with Gasteiger partial charge in [-0.15, -0.1) is 0 Å². The topological polar surface area (TPSA) is 156 Å². The second-order valence-electron chi connectivity index (χ2n) is 11.8. The molecule has 0 atom stereocenters. The first-order valence-electron chi connectivity index (χ1n) is 14.8. The van der Waals surface area contributed by atoms with Gasteiger partial charge in [-0.2, -0.15) is 8.42 Å². The molecule has 9 nitrogen and oxygen atoms in total. The number of rotatable bonds is 4. The van der Waals surface area contributed by atoms with Gasteiger partial charge in [0.25, 0.3) is 10.1 Å². The molecule has 8 bridgehead atoms. The Morgan fingerprint density at radius 2 is 0.957 bits per heavy atom. The van der Waals surface area contributed by atoms with Crippen LogP contribution in [0, 0.1) is 0 Å². The SMILES string of the molecule is C[n+]1ccc(/C=C/c2cc3c(O)c(c2)Cc2cc(S(=O)(=O)O)cc(c2O)Cc2cc(C=O)cc(c2O)Cc2cccc(c2O)C3)cc1. The van der Waals surface area contributed by atoms with E-state index in [4.69, 9.17) is 0 Å². The molecule has 6 rings (SSSR count). The number of aromatic hydroxyl groups is 4. The minimum Gasteiger partial charge on any atom is -0.507 e. The highest BCUT2D eigenvalue weighted by Gasteiger charge is 2.23. The van der Waals surface area contributed by atoms with Crippen molar-refractivity contribution in [3.8, 4) is 23.0 Å². The third-order valence-corrected chi connectivity index (χ3v) is 9.29. The standard InChI is InChI=1S/C37H31NO8S/c1-38-9-7-22(8-10-38)5-6-23-11-27-15-25-3-2-4-26(34(25)40)16-29-13-24(21-39)14-30(36(29)42)18-32-20-33(47(44,45)46)19-31(37(32)43)17-28(12-23)35(27)41/h2-14,19-21H,15-18H2,1H3,(H4,39,40,42,43,44,45,46)/p+1. The predicted octanol–water partition coefficient (Wildman–Crippen LogP) is 5.24. The van der Waals surface area contributed by atoms with E-state index in [1.807, 2.05) is 48.3 Å². The summed E-state index contributed by atoms with van der Waals surface area (Å²) in [6.07, 6.45) is 8.08. The molecule has 0 saturated heterocycles. The Kier molecular flexibility index (Phi) is 8.31. The summed E-state index contributed by atoms with van der Waals surface area (Å²) in [6.45, 7) is 0. The zero-order chi connectivity index (χ0) is 33.5. The number of hydrogen-bond donors (Lipinski definition) is 5. The average Bonchev–Trinajstić information content (AvgIpc) is 3.03. The first-order valence-corrected chi connectivity index (χ1v) is 16.2. The maximum atomic E-state index is 12.3. The van der Waals surface area contributed by atoms with E-state index in [0.717, 1.165) is 17.7 Å². The highest BCUT2D eigenvalue weighted by Crippen LogP contribution is 2.39. The molecule has 0 unspecified atom stereocenters. The van der Waals surface area contributed by atoms with E-state index in [0.29, 0.717) is 39.7 Å². The molecular formula is C37H32NO8S+. The number of aldehydes is 1. The summed E-state index contributed by atoms with van der Waals surface area (Å²) in [4.78, 5) is 11.4. The van der Waals surface area contributed by atoms with Crippen molar-refractivity contribution in [2.45, 2.75) is 30.6 Å². The highest BCUT2D eigenvalue weighted by molar-refractivity contribution is 7.85. The van der Waals surface area contributed by atoms with Crippen LogP contribution >= 0.6 is 0 Å². The van der Waals surface area contributed by atoms with E-state index in [-0.39, 0.29) is 70.9 Å². The lowest BCUT2D eigenvalue weighted by molar-refractivity contribution is -0.671. The number of para-hydroxylation sites is 1. The van der Waals surface area contributed by atoms with Gasteiger partial charge in [0.05, 0.1) is 4.90 Å². The van der Waals surface area contributed by atoms with E-state index < -0.39 is 15.0 Å². The number of aryl methyl sites for hydroxylation is 1. The molecular weight excluding hydrogens is 618 g/mol. The van der Waals surface area contributed by atoms with Crippen LogP contribution in [-0.2, 0) is 42.8 Å². The van der Waals surface area contributed by atoms with Gasteiger partial charge in [0.2, 0.25) is 0 Å². The second-order valence-corrected chi connectivity index (χ2v) is 13.2. The Labute approximate surface area is 271 Å². The van der Waals surface area contributed by atoms with Crippen molar-refractivity contribution in [2.24, 2.45) is 7.05 Å². The zero-order valence-corrected chi connectivity index (χ0v) is 26.2. The number of nitrogens with zero attached hydrogens (tertiary/aromatic N) is 1. The Morgan fingerprint density at radius 1 is 0.574 bits per heavy atom. The van der Waals surface area contributed by atoms with Crippen molar-refractivity contribution in [1.82, 2.24) is 0 Å². The van der Waals surface area contributed by atoms with Gasteiger partial charge >= 0.3 is 0 Å². The van der Waals surface area contributed by atoms with Gasteiger partial charge in [-0.1, -0.05) is 30.4 Å². The number of carbonyl (C=O) groups excluding carboxylic acids is 1. The molecule has 1 heterocycles. The molecule has 10 heteroatoms. The minimum absolute atomic E-state index is 0.0169. The number of fused-ring (bicyclic) bond motifs is 8. The number of aromatic nitrogens is 1. The van der Waals surface area contributed by atoms with Crippen molar-refractivity contribution < 1.29 is 42.8 Å². The zero-order valence-electron chi connectivity index (χ0n) is 25.4. The van der Waals surface area contributed by atoms with E-state index in [1.54, 1.807) is 30.3 Å². The van der Waals surface area contributed by atoms with Crippen molar-refractivity contribution in [2.75, 3.05) is 0 Å². The lowest BCUT2D eigenvalue weighted by Crippen LogP contribution is -2.25. The average molecular weight is 651 g/mol. The molecule has 0 saturated carbocycles. The second kappa shape index (κ2) is 12.4. The van der Waals surface area contributed by atoms with Crippen LogP contribution in [0.2, 0.25) is 0 Å². The molecule has 4 aromatic carbocycles. The maximum Gasteiger partial charge on any atom is 0.294 e. The van der Waals surface area contributed by atoms with E-state index >= 15 is 0 Å². The molecule has 0 spiro atoms. The van der Waals surface area contributed by atoms with Crippen LogP contribution in [-0.4, -0.2) is 39.7 Å². The van der Waals surface area contributed by atoms with Crippen LogP contribution < -0.4 is 4.57 Å².